The van der Waals surface area contributed by atoms with Crippen LogP contribution in [0.3, 0.4) is 0 Å². The fraction of sp³-hybridized carbons (Fsp3) is 0.381. The number of methoxy groups -OCH3 is 1. The van der Waals surface area contributed by atoms with E-state index in [2.05, 4.69) is 31.3 Å². The molecule has 2 aromatic rings. The van der Waals surface area contributed by atoms with E-state index in [1.165, 1.54) is 11.1 Å². The largest absolute Gasteiger partial charge is 0.497 e. The average Bonchev–Trinajstić information content (AvgIpc) is 2.63. The van der Waals surface area contributed by atoms with Gasteiger partial charge >= 0.3 is 0 Å². The molecular formula is C21H27NO2S. The van der Waals surface area contributed by atoms with Gasteiger partial charge in [0.15, 0.2) is 0 Å². The van der Waals surface area contributed by atoms with Crippen LogP contribution < -0.4 is 10.1 Å². The standard InChI is InChI=1S/C21H27NO2S/c1-16(2)20(25-15-18-7-5-4-6-8-18)21(23)22-14-13-17-9-11-19(24-3)12-10-17/h4-12,16,20H,13-15H2,1-3H3,(H,22,23). The highest BCUT2D eigenvalue weighted by atomic mass is 32.2. The van der Waals surface area contributed by atoms with Crippen molar-refractivity contribution in [2.75, 3.05) is 13.7 Å². The molecule has 0 saturated carbocycles. The molecule has 2 aromatic carbocycles. The third-order valence-electron chi connectivity index (χ3n) is 4.01. The molecule has 0 heterocycles. The molecular weight excluding hydrogens is 330 g/mol. The number of carbonyl (C=O) groups is 1. The zero-order valence-electron chi connectivity index (χ0n) is 15.2. The van der Waals surface area contributed by atoms with Gasteiger partial charge in [0.05, 0.1) is 12.4 Å². The molecule has 25 heavy (non-hydrogen) atoms. The summed E-state index contributed by atoms with van der Waals surface area (Å²) in [7, 11) is 1.66. The van der Waals surface area contributed by atoms with Gasteiger partial charge in [0, 0.05) is 12.3 Å². The summed E-state index contributed by atoms with van der Waals surface area (Å²) in [4.78, 5) is 12.5. The van der Waals surface area contributed by atoms with Crippen LogP contribution in [-0.2, 0) is 17.0 Å². The van der Waals surface area contributed by atoms with Gasteiger partial charge in [-0.25, -0.2) is 0 Å². The van der Waals surface area contributed by atoms with Gasteiger partial charge in [0.2, 0.25) is 5.91 Å². The summed E-state index contributed by atoms with van der Waals surface area (Å²) in [6.45, 7) is 4.86. The highest BCUT2D eigenvalue weighted by Crippen LogP contribution is 2.24. The quantitative estimate of drug-likeness (QED) is 0.727. The Hall–Kier alpha value is -1.94. The lowest BCUT2D eigenvalue weighted by atomic mass is 10.1. The summed E-state index contributed by atoms with van der Waals surface area (Å²) in [5.41, 5.74) is 2.45. The van der Waals surface area contributed by atoms with Gasteiger partial charge in [0.25, 0.3) is 0 Å². The summed E-state index contributed by atoms with van der Waals surface area (Å²) < 4.78 is 5.16. The number of nitrogens with one attached hydrogen (secondary N) is 1. The van der Waals surface area contributed by atoms with Crippen molar-refractivity contribution in [1.29, 1.82) is 0 Å². The Morgan fingerprint density at radius 2 is 1.72 bits per heavy atom. The maximum atomic E-state index is 12.5. The molecule has 1 N–H and O–H groups in total. The SMILES string of the molecule is COc1ccc(CCNC(=O)C(SCc2ccccc2)C(C)C)cc1. The first-order valence-corrected chi connectivity index (χ1v) is 9.71. The number of amides is 1. The summed E-state index contributed by atoms with van der Waals surface area (Å²) in [5, 5.41) is 3.06. The van der Waals surface area contributed by atoms with Crippen molar-refractivity contribution >= 4 is 17.7 Å². The highest BCUT2D eigenvalue weighted by Gasteiger charge is 2.22. The third kappa shape index (κ3) is 6.46. The van der Waals surface area contributed by atoms with Crippen molar-refractivity contribution < 1.29 is 9.53 Å². The van der Waals surface area contributed by atoms with Crippen LogP contribution in [0.2, 0.25) is 0 Å². The van der Waals surface area contributed by atoms with Crippen molar-refractivity contribution in [3.05, 3.63) is 65.7 Å². The number of ether oxygens (including phenoxy) is 1. The normalized spacial score (nSPS) is 12.0. The van der Waals surface area contributed by atoms with Crippen LogP contribution in [0.25, 0.3) is 0 Å². The van der Waals surface area contributed by atoms with Gasteiger partial charge in [-0.15, -0.1) is 11.8 Å². The Labute approximate surface area is 155 Å². The summed E-state index contributed by atoms with van der Waals surface area (Å²) in [5.74, 6) is 2.14. The number of hydrogen-bond acceptors (Lipinski definition) is 3. The monoisotopic (exact) mass is 357 g/mol. The molecule has 0 saturated heterocycles. The second kappa shape index (κ2) is 10.1. The summed E-state index contributed by atoms with van der Waals surface area (Å²) in [6, 6.07) is 18.3. The minimum Gasteiger partial charge on any atom is -0.497 e. The smallest absolute Gasteiger partial charge is 0.233 e. The number of hydrogen-bond donors (Lipinski definition) is 1. The van der Waals surface area contributed by atoms with Crippen LogP contribution in [0.5, 0.6) is 5.75 Å². The highest BCUT2D eigenvalue weighted by molar-refractivity contribution is 7.99. The minimum atomic E-state index is -0.0314. The second-order valence-electron chi connectivity index (χ2n) is 6.35. The van der Waals surface area contributed by atoms with Crippen molar-refractivity contribution in [3.63, 3.8) is 0 Å². The molecule has 1 atom stereocenters. The Bertz CT molecular complexity index is 641. The summed E-state index contributed by atoms with van der Waals surface area (Å²) in [6.07, 6.45) is 0.823. The van der Waals surface area contributed by atoms with E-state index in [-0.39, 0.29) is 11.2 Å². The lowest BCUT2D eigenvalue weighted by Crippen LogP contribution is -2.37. The minimum absolute atomic E-state index is 0.0314. The number of carbonyl (C=O) groups excluding carboxylic acids is 1. The first kappa shape index (κ1) is 19.4. The number of thioether (sulfide) groups is 1. The molecule has 0 spiro atoms. The van der Waals surface area contributed by atoms with Gasteiger partial charge < -0.3 is 10.1 Å². The van der Waals surface area contributed by atoms with Crippen LogP contribution in [0.15, 0.2) is 54.6 Å². The van der Waals surface area contributed by atoms with E-state index in [1.807, 2.05) is 42.5 Å². The number of benzene rings is 2. The van der Waals surface area contributed by atoms with Crippen LogP contribution in [0, 0.1) is 5.92 Å². The predicted octanol–water partition coefficient (Wildman–Crippen LogP) is 4.31. The lowest BCUT2D eigenvalue weighted by molar-refractivity contribution is -0.121. The molecule has 3 nitrogen and oxygen atoms in total. The molecule has 134 valence electrons. The molecule has 0 aromatic heterocycles. The van der Waals surface area contributed by atoms with Crippen molar-refractivity contribution in [2.24, 2.45) is 5.92 Å². The maximum absolute atomic E-state index is 12.5. The molecule has 1 unspecified atom stereocenters. The first-order valence-electron chi connectivity index (χ1n) is 8.66. The Kier molecular flexibility index (Phi) is 7.86. The average molecular weight is 358 g/mol. The zero-order valence-corrected chi connectivity index (χ0v) is 16.0. The first-order chi connectivity index (χ1) is 12.1. The van der Waals surface area contributed by atoms with Gasteiger partial charge in [-0.2, -0.15) is 0 Å². The van der Waals surface area contributed by atoms with Crippen molar-refractivity contribution in [3.8, 4) is 5.75 Å². The van der Waals surface area contributed by atoms with Gasteiger partial charge in [0.1, 0.15) is 5.75 Å². The van der Waals surface area contributed by atoms with E-state index in [9.17, 15) is 4.79 Å². The van der Waals surface area contributed by atoms with E-state index in [0.717, 1.165) is 17.9 Å². The van der Waals surface area contributed by atoms with Crippen molar-refractivity contribution in [2.45, 2.75) is 31.3 Å². The Morgan fingerprint density at radius 3 is 2.32 bits per heavy atom. The van der Waals surface area contributed by atoms with E-state index >= 15 is 0 Å². The van der Waals surface area contributed by atoms with Gasteiger partial charge in [-0.05, 0) is 35.6 Å². The Morgan fingerprint density at radius 1 is 1.04 bits per heavy atom. The molecule has 1 amide bonds. The van der Waals surface area contributed by atoms with Crippen molar-refractivity contribution in [1.82, 2.24) is 5.32 Å². The molecule has 2 rings (SSSR count). The van der Waals surface area contributed by atoms with E-state index in [0.29, 0.717) is 12.5 Å². The van der Waals surface area contributed by atoms with Crippen LogP contribution >= 0.6 is 11.8 Å². The Balaban J connectivity index is 1.80. The molecule has 0 fully saturated rings. The predicted molar refractivity (Wildman–Crippen MR) is 106 cm³/mol. The molecule has 0 radical (unpaired) electrons. The lowest BCUT2D eigenvalue weighted by Gasteiger charge is -2.20. The topological polar surface area (TPSA) is 38.3 Å². The number of rotatable bonds is 9. The van der Waals surface area contributed by atoms with Gasteiger partial charge in [-0.3, -0.25) is 4.79 Å². The van der Waals surface area contributed by atoms with Crippen LogP contribution in [-0.4, -0.2) is 24.8 Å². The molecule has 4 heteroatoms. The second-order valence-corrected chi connectivity index (χ2v) is 7.48. The van der Waals surface area contributed by atoms with Crippen LogP contribution in [0.1, 0.15) is 25.0 Å². The molecule has 0 aliphatic rings. The molecule has 0 aliphatic heterocycles. The van der Waals surface area contributed by atoms with Gasteiger partial charge in [-0.1, -0.05) is 56.3 Å². The molecule has 0 aliphatic carbocycles. The summed E-state index contributed by atoms with van der Waals surface area (Å²) >= 11 is 1.71. The zero-order chi connectivity index (χ0) is 18.1. The van der Waals surface area contributed by atoms with Crippen LogP contribution in [0.4, 0.5) is 0 Å². The fourth-order valence-corrected chi connectivity index (χ4v) is 3.74. The maximum Gasteiger partial charge on any atom is 0.233 e. The third-order valence-corrected chi connectivity index (χ3v) is 5.63. The fourth-order valence-electron chi connectivity index (χ4n) is 2.55. The van der Waals surface area contributed by atoms with E-state index in [4.69, 9.17) is 4.74 Å². The van der Waals surface area contributed by atoms with E-state index < -0.39 is 0 Å². The molecule has 0 bridgehead atoms. The van der Waals surface area contributed by atoms with E-state index in [1.54, 1.807) is 18.9 Å².